The van der Waals surface area contributed by atoms with E-state index in [1.54, 1.807) is 12.1 Å². The van der Waals surface area contributed by atoms with E-state index < -0.39 is 11.2 Å². The lowest BCUT2D eigenvalue weighted by molar-refractivity contribution is 0.613. The number of hydrogen-bond donors (Lipinski definition) is 0. The molecule has 5 heteroatoms. The molecule has 0 aliphatic carbocycles. The number of rotatable bonds is 2. The highest BCUT2D eigenvalue weighted by atomic mass is 35.5. The Morgan fingerprint density at radius 2 is 2.00 bits per heavy atom. The number of benzene rings is 1. The molecule has 0 aliphatic rings. The fourth-order valence-corrected chi connectivity index (χ4v) is 3.46. The summed E-state index contributed by atoms with van der Waals surface area (Å²) in [6.07, 6.45) is 0. The monoisotopic (exact) mass is 308 g/mol. The molecule has 1 heterocycles. The molecule has 1 unspecified atom stereocenters. The smallest absolute Gasteiger partial charge is 0.129 e. The van der Waals surface area contributed by atoms with E-state index in [0.717, 1.165) is 10.4 Å². The fraction of sp³-hybridized carbons (Fsp3) is 0.167. The Balaban J connectivity index is 2.47. The van der Waals surface area contributed by atoms with Crippen molar-refractivity contribution < 1.29 is 4.39 Å². The molecule has 17 heavy (non-hydrogen) atoms. The minimum absolute atomic E-state index is 0.300. The van der Waals surface area contributed by atoms with Crippen LogP contribution >= 0.6 is 46.1 Å². The zero-order valence-electron chi connectivity index (χ0n) is 8.81. The molecule has 0 N–H and O–H groups in total. The molecule has 90 valence electrons. The summed E-state index contributed by atoms with van der Waals surface area (Å²) in [5.74, 6) is -0.403. The minimum Gasteiger partial charge on any atom is -0.207 e. The Bertz CT molecular complexity index is 511. The van der Waals surface area contributed by atoms with Crippen molar-refractivity contribution in [2.75, 3.05) is 0 Å². The molecule has 0 aliphatic heterocycles. The van der Waals surface area contributed by atoms with Crippen LogP contribution in [0.2, 0.25) is 9.36 Å². The summed E-state index contributed by atoms with van der Waals surface area (Å²) in [4.78, 5) is 0.793. The molecule has 1 atom stereocenters. The highest BCUT2D eigenvalue weighted by Crippen LogP contribution is 2.40. The van der Waals surface area contributed by atoms with E-state index in [1.807, 2.05) is 13.0 Å². The number of aryl methyl sites for hydroxylation is 1. The predicted molar refractivity (Wildman–Crippen MR) is 73.2 cm³/mol. The first-order valence-electron chi connectivity index (χ1n) is 4.84. The normalized spacial score (nSPS) is 12.8. The second-order valence-corrected chi connectivity index (χ2v) is 6.13. The third-order valence-corrected chi connectivity index (χ3v) is 4.91. The standard InChI is InChI=1S/C12H8Cl3FS/c1-6-5-9(17-12(6)15)11(14)10-7(13)3-2-4-8(10)16/h2-5,11H,1H3. The van der Waals surface area contributed by atoms with Gasteiger partial charge in [0.25, 0.3) is 0 Å². The van der Waals surface area contributed by atoms with Crippen LogP contribution < -0.4 is 0 Å². The van der Waals surface area contributed by atoms with Gasteiger partial charge in [-0.25, -0.2) is 4.39 Å². The fourth-order valence-electron chi connectivity index (χ4n) is 1.50. The molecule has 0 amide bonds. The van der Waals surface area contributed by atoms with Gasteiger partial charge in [-0.2, -0.15) is 0 Å². The number of alkyl halides is 1. The SMILES string of the molecule is Cc1cc(C(Cl)c2c(F)cccc2Cl)sc1Cl. The molecule has 0 fully saturated rings. The lowest BCUT2D eigenvalue weighted by atomic mass is 10.1. The van der Waals surface area contributed by atoms with Crippen molar-refractivity contribution in [2.24, 2.45) is 0 Å². The summed E-state index contributed by atoms with van der Waals surface area (Å²) in [7, 11) is 0. The first-order chi connectivity index (χ1) is 8.00. The van der Waals surface area contributed by atoms with E-state index in [1.165, 1.54) is 17.4 Å². The summed E-state index contributed by atoms with van der Waals surface area (Å²) in [5, 5.41) is -0.285. The Kier molecular flexibility index (Phi) is 3.99. The molecular formula is C12H8Cl3FS. The molecule has 0 saturated heterocycles. The van der Waals surface area contributed by atoms with Gasteiger partial charge in [0.15, 0.2) is 0 Å². The maximum absolute atomic E-state index is 13.7. The van der Waals surface area contributed by atoms with Gasteiger partial charge in [0, 0.05) is 15.5 Å². The molecule has 1 aromatic carbocycles. The van der Waals surface area contributed by atoms with E-state index in [4.69, 9.17) is 34.8 Å². The summed E-state index contributed by atoms with van der Waals surface area (Å²) >= 11 is 19.5. The number of thiophene rings is 1. The zero-order chi connectivity index (χ0) is 12.6. The third kappa shape index (κ3) is 2.60. The van der Waals surface area contributed by atoms with Gasteiger partial charge in [-0.1, -0.05) is 29.3 Å². The molecule has 0 radical (unpaired) electrons. The van der Waals surface area contributed by atoms with Crippen LogP contribution in [0.15, 0.2) is 24.3 Å². The lowest BCUT2D eigenvalue weighted by Crippen LogP contribution is -1.96. The molecule has 2 aromatic rings. The maximum Gasteiger partial charge on any atom is 0.129 e. The molecular weight excluding hydrogens is 302 g/mol. The largest absolute Gasteiger partial charge is 0.207 e. The van der Waals surface area contributed by atoms with Gasteiger partial charge in [0.1, 0.15) is 5.82 Å². The third-order valence-electron chi connectivity index (χ3n) is 2.38. The van der Waals surface area contributed by atoms with Crippen molar-refractivity contribution in [3.63, 3.8) is 0 Å². The first kappa shape index (κ1) is 13.2. The van der Waals surface area contributed by atoms with E-state index in [2.05, 4.69) is 0 Å². The first-order valence-corrected chi connectivity index (χ1v) is 6.85. The Labute approximate surface area is 118 Å². The maximum atomic E-state index is 13.7. The molecule has 2 rings (SSSR count). The Morgan fingerprint density at radius 3 is 2.53 bits per heavy atom. The van der Waals surface area contributed by atoms with Crippen LogP contribution in [0, 0.1) is 12.7 Å². The van der Waals surface area contributed by atoms with E-state index in [9.17, 15) is 4.39 Å². The molecule has 1 aromatic heterocycles. The molecule has 0 spiro atoms. The van der Waals surface area contributed by atoms with Crippen LogP contribution in [0.4, 0.5) is 4.39 Å². The summed E-state index contributed by atoms with van der Waals surface area (Å²) < 4.78 is 14.4. The molecule has 0 saturated carbocycles. The van der Waals surface area contributed by atoms with Gasteiger partial charge in [-0.15, -0.1) is 22.9 Å². The van der Waals surface area contributed by atoms with Crippen LogP contribution in [-0.2, 0) is 0 Å². The van der Waals surface area contributed by atoms with Crippen molar-refractivity contribution in [2.45, 2.75) is 12.3 Å². The van der Waals surface area contributed by atoms with Crippen LogP contribution in [0.25, 0.3) is 0 Å². The quantitative estimate of drug-likeness (QED) is 0.612. The molecule has 0 bridgehead atoms. The average Bonchev–Trinajstić information content (AvgIpc) is 2.59. The van der Waals surface area contributed by atoms with Crippen molar-refractivity contribution >= 4 is 46.1 Å². The van der Waals surface area contributed by atoms with Crippen molar-refractivity contribution in [3.8, 4) is 0 Å². The van der Waals surface area contributed by atoms with Crippen molar-refractivity contribution in [3.05, 3.63) is 55.4 Å². The van der Waals surface area contributed by atoms with Gasteiger partial charge in [-0.3, -0.25) is 0 Å². The second kappa shape index (κ2) is 5.15. The second-order valence-electron chi connectivity index (χ2n) is 3.60. The minimum atomic E-state index is -0.611. The molecule has 0 nitrogen and oxygen atoms in total. The highest BCUT2D eigenvalue weighted by molar-refractivity contribution is 7.16. The highest BCUT2D eigenvalue weighted by Gasteiger charge is 2.21. The lowest BCUT2D eigenvalue weighted by Gasteiger charge is -2.10. The van der Waals surface area contributed by atoms with Gasteiger partial charge in [0.2, 0.25) is 0 Å². The van der Waals surface area contributed by atoms with Gasteiger partial charge >= 0.3 is 0 Å². The van der Waals surface area contributed by atoms with Crippen molar-refractivity contribution in [1.29, 1.82) is 0 Å². The predicted octanol–water partition coefficient (Wildman–Crippen LogP) is 5.83. The van der Waals surface area contributed by atoms with Crippen LogP contribution in [0.1, 0.15) is 21.4 Å². The number of hydrogen-bond acceptors (Lipinski definition) is 1. The van der Waals surface area contributed by atoms with E-state index >= 15 is 0 Å². The zero-order valence-corrected chi connectivity index (χ0v) is 11.9. The van der Waals surface area contributed by atoms with Gasteiger partial charge in [-0.05, 0) is 30.7 Å². The van der Waals surface area contributed by atoms with Gasteiger partial charge < -0.3 is 0 Å². The van der Waals surface area contributed by atoms with Crippen LogP contribution in [0.5, 0.6) is 0 Å². The van der Waals surface area contributed by atoms with E-state index in [0.29, 0.717) is 14.9 Å². The average molecular weight is 310 g/mol. The van der Waals surface area contributed by atoms with E-state index in [-0.39, 0.29) is 0 Å². The summed E-state index contributed by atoms with van der Waals surface area (Å²) in [5.41, 5.74) is 1.23. The summed E-state index contributed by atoms with van der Waals surface area (Å²) in [6, 6.07) is 6.38. The van der Waals surface area contributed by atoms with Crippen molar-refractivity contribution in [1.82, 2.24) is 0 Å². The Hall–Kier alpha value is -0.280. The van der Waals surface area contributed by atoms with Gasteiger partial charge in [0.05, 0.1) is 9.71 Å². The summed E-state index contributed by atoms with van der Waals surface area (Å²) in [6.45, 7) is 1.88. The number of halogens is 4. The van der Waals surface area contributed by atoms with Crippen LogP contribution in [-0.4, -0.2) is 0 Å². The van der Waals surface area contributed by atoms with Crippen LogP contribution in [0.3, 0.4) is 0 Å². The topological polar surface area (TPSA) is 0 Å². The Morgan fingerprint density at radius 1 is 1.29 bits per heavy atom.